The lowest BCUT2D eigenvalue weighted by molar-refractivity contribution is 0.372. The van der Waals surface area contributed by atoms with E-state index in [-0.39, 0.29) is 29.9 Å². The van der Waals surface area contributed by atoms with Crippen LogP contribution in [0.25, 0.3) is 0 Å². The van der Waals surface area contributed by atoms with E-state index in [0.717, 1.165) is 37.2 Å². The Morgan fingerprint density at radius 1 is 1.34 bits per heavy atom. The molecule has 1 fully saturated rings. The monoisotopic (exact) mass is 529 g/mol. The fourth-order valence-corrected chi connectivity index (χ4v) is 4.23. The molecule has 0 aliphatic carbocycles. The SMILES string of the molecule is CCNC(=NCCc1nc(C(C)C)no1)N1CCC(CSc2ccccc2)C1.I. The minimum Gasteiger partial charge on any atom is -0.357 e. The Hall–Kier alpha value is -1.29. The molecule has 0 amide bonds. The molecular weight excluding hydrogens is 497 g/mol. The standard InChI is InChI=1S/C21H31N5OS.HI/c1-4-22-21(23-12-10-19-24-20(16(2)3)25-27-19)26-13-11-17(14-26)15-28-18-8-6-5-7-9-18;/h5-9,16-17H,4,10-15H2,1-3H3,(H,22,23);1H. The summed E-state index contributed by atoms with van der Waals surface area (Å²) in [4.78, 5) is 13.0. The van der Waals surface area contributed by atoms with Gasteiger partial charge in [0.1, 0.15) is 0 Å². The van der Waals surface area contributed by atoms with Crippen molar-refractivity contribution in [3.8, 4) is 0 Å². The molecule has 1 aromatic heterocycles. The molecule has 2 heterocycles. The molecule has 0 bridgehead atoms. The Morgan fingerprint density at radius 3 is 2.83 bits per heavy atom. The Balaban J connectivity index is 0.00000300. The van der Waals surface area contributed by atoms with Crippen LogP contribution in [0.3, 0.4) is 0 Å². The van der Waals surface area contributed by atoms with Crippen molar-refractivity contribution in [3.63, 3.8) is 0 Å². The smallest absolute Gasteiger partial charge is 0.228 e. The molecule has 1 aliphatic rings. The summed E-state index contributed by atoms with van der Waals surface area (Å²) in [5, 5.41) is 7.45. The molecule has 1 unspecified atom stereocenters. The maximum atomic E-state index is 5.32. The van der Waals surface area contributed by atoms with E-state index in [0.29, 0.717) is 24.8 Å². The van der Waals surface area contributed by atoms with E-state index in [4.69, 9.17) is 9.52 Å². The van der Waals surface area contributed by atoms with Gasteiger partial charge in [-0.25, -0.2) is 0 Å². The van der Waals surface area contributed by atoms with E-state index in [2.05, 4.69) is 71.5 Å². The van der Waals surface area contributed by atoms with Crippen LogP contribution in [0.4, 0.5) is 0 Å². The molecule has 1 N–H and O–H groups in total. The third kappa shape index (κ3) is 7.47. The van der Waals surface area contributed by atoms with Crippen molar-refractivity contribution >= 4 is 41.7 Å². The second kappa shape index (κ2) is 12.4. The van der Waals surface area contributed by atoms with Crippen LogP contribution >= 0.6 is 35.7 Å². The van der Waals surface area contributed by atoms with E-state index < -0.39 is 0 Å². The van der Waals surface area contributed by atoms with Crippen molar-refractivity contribution in [1.82, 2.24) is 20.4 Å². The van der Waals surface area contributed by atoms with Crippen LogP contribution in [0.2, 0.25) is 0 Å². The van der Waals surface area contributed by atoms with Crippen molar-refractivity contribution in [3.05, 3.63) is 42.0 Å². The largest absolute Gasteiger partial charge is 0.357 e. The fraction of sp³-hybridized carbons (Fsp3) is 0.571. The number of aliphatic imine (C=N–C) groups is 1. The molecule has 160 valence electrons. The van der Waals surface area contributed by atoms with Gasteiger partial charge >= 0.3 is 0 Å². The molecule has 0 saturated carbocycles. The molecular formula is C21H32IN5OS. The van der Waals surface area contributed by atoms with Crippen LogP contribution in [0.15, 0.2) is 44.7 Å². The van der Waals surface area contributed by atoms with E-state index >= 15 is 0 Å². The molecule has 8 heteroatoms. The number of aromatic nitrogens is 2. The maximum absolute atomic E-state index is 5.32. The van der Waals surface area contributed by atoms with Gasteiger partial charge in [-0.3, -0.25) is 4.99 Å². The zero-order chi connectivity index (χ0) is 19.8. The summed E-state index contributed by atoms with van der Waals surface area (Å²) in [6.07, 6.45) is 1.89. The minimum atomic E-state index is 0. The number of rotatable bonds is 8. The Labute approximate surface area is 195 Å². The summed E-state index contributed by atoms with van der Waals surface area (Å²) in [7, 11) is 0. The highest BCUT2D eigenvalue weighted by atomic mass is 127. The number of halogens is 1. The Bertz CT molecular complexity index is 753. The summed E-state index contributed by atoms with van der Waals surface area (Å²) >= 11 is 1.95. The highest BCUT2D eigenvalue weighted by Crippen LogP contribution is 2.25. The first-order chi connectivity index (χ1) is 13.7. The van der Waals surface area contributed by atoms with Gasteiger partial charge in [-0.05, 0) is 31.4 Å². The lowest BCUT2D eigenvalue weighted by Gasteiger charge is -2.21. The summed E-state index contributed by atoms with van der Waals surface area (Å²) in [5.41, 5.74) is 0. The van der Waals surface area contributed by atoms with Crippen LogP contribution in [0, 0.1) is 5.92 Å². The van der Waals surface area contributed by atoms with Crippen LogP contribution in [-0.4, -0.2) is 52.9 Å². The molecule has 6 nitrogen and oxygen atoms in total. The van der Waals surface area contributed by atoms with Gasteiger partial charge in [0, 0.05) is 42.6 Å². The molecule has 1 atom stereocenters. The summed E-state index contributed by atoms with van der Waals surface area (Å²) in [5.74, 6) is 4.57. The van der Waals surface area contributed by atoms with E-state index in [1.807, 2.05) is 11.8 Å². The number of hydrogen-bond donors (Lipinski definition) is 1. The number of nitrogens with zero attached hydrogens (tertiary/aromatic N) is 4. The number of likely N-dealkylation sites (tertiary alicyclic amines) is 1. The van der Waals surface area contributed by atoms with Crippen molar-refractivity contribution in [2.45, 2.75) is 44.4 Å². The zero-order valence-electron chi connectivity index (χ0n) is 17.5. The number of nitrogens with one attached hydrogen (secondary N) is 1. The van der Waals surface area contributed by atoms with Gasteiger partial charge in [0.25, 0.3) is 0 Å². The lowest BCUT2D eigenvalue weighted by atomic mass is 10.2. The quantitative estimate of drug-likeness (QED) is 0.236. The molecule has 0 spiro atoms. The number of thioether (sulfide) groups is 1. The van der Waals surface area contributed by atoms with Crippen LogP contribution in [0.5, 0.6) is 0 Å². The summed E-state index contributed by atoms with van der Waals surface area (Å²) in [6, 6.07) is 10.6. The lowest BCUT2D eigenvalue weighted by Crippen LogP contribution is -2.40. The van der Waals surface area contributed by atoms with Gasteiger partial charge in [0.15, 0.2) is 11.8 Å². The third-order valence-corrected chi connectivity index (χ3v) is 5.98. The molecule has 1 aliphatic heterocycles. The van der Waals surface area contributed by atoms with Crippen LogP contribution < -0.4 is 5.32 Å². The maximum Gasteiger partial charge on any atom is 0.228 e. The molecule has 29 heavy (non-hydrogen) atoms. The molecule has 1 saturated heterocycles. The fourth-order valence-electron chi connectivity index (χ4n) is 3.18. The van der Waals surface area contributed by atoms with Crippen molar-refractivity contribution in [1.29, 1.82) is 0 Å². The van der Waals surface area contributed by atoms with E-state index in [1.165, 1.54) is 11.3 Å². The van der Waals surface area contributed by atoms with Crippen LogP contribution in [0.1, 0.15) is 44.8 Å². The van der Waals surface area contributed by atoms with Gasteiger partial charge in [-0.1, -0.05) is 37.2 Å². The first kappa shape index (κ1) is 24.0. The highest BCUT2D eigenvalue weighted by Gasteiger charge is 2.25. The number of hydrogen-bond acceptors (Lipinski definition) is 5. The first-order valence-corrected chi connectivity index (χ1v) is 11.2. The zero-order valence-corrected chi connectivity index (χ0v) is 20.7. The normalized spacial score (nSPS) is 16.9. The van der Waals surface area contributed by atoms with E-state index in [1.54, 1.807) is 0 Å². The predicted molar refractivity (Wildman–Crippen MR) is 130 cm³/mol. The van der Waals surface area contributed by atoms with Gasteiger partial charge in [0.2, 0.25) is 5.89 Å². The van der Waals surface area contributed by atoms with Crippen LogP contribution in [-0.2, 0) is 6.42 Å². The number of benzene rings is 1. The second-order valence-corrected chi connectivity index (χ2v) is 8.50. The predicted octanol–water partition coefficient (Wildman–Crippen LogP) is 4.43. The summed E-state index contributed by atoms with van der Waals surface area (Å²) < 4.78 is 5.32. The average Bonchev–Trinajstić information content (AvgIpc) is 3.36. The van der Waals surface area contributed by atoms with Crippen molar-refractivity contribution in [2.75, 3.05) is 31.9 Å². The summed E-state index contributed by atoms with van der Waals surface area (Å²) in [6.45, 7) is 9.89. The molecule has 2 aromatic rings. The first-order valence-electron chi connectivity index (χ1n) is 10.2. The Kier molecular flexibility index (Phi) is 10.3. The topological polar surface area (TPSA) is 66.5 Å². The minimum absolute atomic E-state index is 0. The van der Waals surface area contributed by atoms with E-state index in [9.17, 15) is 0 Å². The van der Waals surface area contributed by atoms with Gasteiger partial charge < -0.3 is 14.7 Å². The molecule has 0 radical (unpaired) electrons. The second-order valence-electron chi connectivity index (χ2n) is 7.41. The number of guanidine groups is 1. The van der Waals surface area contributed by atoms with Crippen molar-refractivity contribution < 1.29 is 4.52 Å². The molecule has 1 aromatic carbocycles. The average molecular weight is 529 g/mol. The van der Waals surface area contributed by atoms with Gasteiger partial charge in [-0.2, -0.15) is 4.98 Å². The molecule has 3 rings (SSSR count). The highest BCUT2D eigenvalue weighted by molar-refractivity contribution is 14.0. The Morgan fingerprint density at radius 2 is 2.14 bits per heavy atom. The van der Waals surface area contributed by atoms with Gasteiger partial charge in [-0.15, -0.1) is 35.7 Å². The van der Waals surface area contributed by atoms with Crippen molar-refractivity contribution in [2.24, 2.45) is 10.9 Å². The third-order valence-electron chi connectivity index (χ3n) is 4.74. The van der Waals surface area contributed by atoms with Gasteiger partial charge in [0.05, 0.1) is 6.54 Å².